The Morgan fingerprint density at radius 2 is 1.52 bits per heavy atom. The van der Waals surface area contributed by atoms with Gasteiger partial charge in [-0.2, -0.15) is 0 Å². The molecule has 0 aliphatic carbocycles. The van der Waals surface area contributed by atoms with Gasteiger partial charge in [0.2, 0.25) is 5.91 Å². The maximum absolute atomic E-state index is 14.0. The van der Waals surface area contributed by atoms with Crippen molar-refractivity contribution in [3.05, 3.63) is 102 Å². The third-order valence-corrected chi connectivity index (χ3v) is 6.90. The van der Waals surface area contributed by atoms with E-state index in [0.717, 1.165) is 28.1 Å². The molecular weight excluding hydrogens is 505 g/mol. The van der Waals surface area contributed by atoms with Crippen LogP contribution in [0.1, 0.15) is 61.5 Å². The number of hydrogen-bond acceptors (Lipinski definition) is 3. The number of hydrogen-bond donors (Lipinski definition) is 3. The summed E-state index contributed by atoms with van der Waals surface area (Å²) >= 11 is 0. The van der Waals surface area contributed by atoms with Crippen LogP contribution in [0.15, 0.2) is 84.9 Å². The van der Waals surface area contributed by atoms with Crippen molar-refractivity contribution in [2.45, 2.75) is 58.1 Å². The summed E-state index contributed by atoms with van der Waals surface area (Å²) in [5, 5.41) is 13.2. The molecule has 3 aromatic carbocycles. The molecule has 4 aromatic rings. The van der Waals surface area contributed by atoms with Gasteiger partial charge in [0.15, 0.2) is 0 Å². The van der Waals surface area contributed by atoms with Gasteiger partial charge in [-0.05, 0) is 72.7 Å². The van der Waals surface area contributed by atoms with Crippen LogP contribution in [0.25, 0.3) is 22.4 Å². The maximum Gasteiger partial charge on any atom is 0.258 e. The molecule has 0 aliphatic rings. The average molecular weight is 542 g/mol. The SMILES string of the molecule is CC(C)c1c(C(=O)Nc2ccccc2)c(-c2ccccc2)c(-c2ccc(F)cc2)n1CCCCC(O)CC(N)=O. The Kier molecular flexibility index (Phi) is 9.51. The molecule has 1 atom stereocenters. The first-order valence-corrected chi connectivity index (χ1v) is 13.7. The second kappa shape index (κ2) is 13.2. The number of primary amides is 1. The lowest BCUT2D eigenvalue weighted by molar-refractivity contribution is -0.119. The minimum atomic E-state index is -0.782. The van der Waals surface area contributed by atoms with Gasteiger partial charge in [-0.15, -0.1) is 0 Å². The summed E-state index contributed by atoms with van der Waals surface area (Å²) in [5.74, 6) is -1.08. The fourth-order valence-corrected chi connectivity index (χ4v) is 5.19. The minimum absolute atomic E-state index is 0.00589. The van der Waals surface area contributed by atoms with E-state index in [1.807, 2.05) is 60.7 Å². The molecule has 2 amide bonds. The Hall–Kier alpha value is -4.23. The third-order valence-electron chi connectivity index (χ3n) is 6.90. The second-order valence-corrected chi connectivity index (χ2v) is 10.3. The number of carbonyl (C=O) groups excluding carboxylic acids is 2. The lowest BCUT2D eigenvalue weighted by Crippen LogP contribution is -2.20. The Morgan fingerprint density at radius 3 is 2.12 bits per heavy atom. The van der Waals surface area contributed by atoms with Gasteiger partial charge in [0.25, 0.3) is 5.91 Å². The van der Waals surface area contributed by atoms with Crippen molar-refractivity contribution in [2.24, 2.45) is 5.73 Å². The molecule has 40 heavy (non-hydrogen) atoms. The molecular formula is C33H36FN3O3. The van der Waals surface area contributed by atoms with Crippen molar-refractivity contribution < 1.29 is 19.1 Å². The highest BCUT2D eigenvalue weighted by Crippen LogP contribution is 2.42. The first-order valence-electron chi connectivity index (χ1n) is 13.7. The third kappa shape index (κ3) is 6.85. The molecule has 1 aromatic heterocycles. The van der Waals surface area contributed by atoms with E-state index in [0.29, 0.717) is 37.1 Å². The molecule has 4 N–H and O–H groups in total. The van der Waals surface area contributed by atoms with Gasteiger partial charge < -0.3 is 20.7 Å². The summed E-state index contributed by atoms with van der Waals surface area (Å²) in [6.45, 7) is 4.69. The molecule has 0 aliphatic heterocycles. The summed E-state index contributed by atoms with van der Waals surface area (Å²) in [6.07, 6.45) is 0.963. The Balaban J connectivity index is 1.87. The molecule has 4 rings (SSSR count). The predicted molar refractivity (Wildman–Crippen MR) is 157 cm³/mol. The van der Waals surface area contributed by atoms with Crippen LogP contribution >= 0.6 is 0 Å². The van der Waals surface area contributed by atoms with Gasteiger partial charge in [0.05, 0.1) is 23.8 Å². The van der Waals surface area contributed by atoms with Gasteiger partial charge in [-0.25, -0.2) is 4.39 Å². The number of nitrogens with two attached hydrogens (primary N) is 1. The highest BCUT2D eigenvalue weighted by Gasteiger charge is 2.30. The number of para-hydroxylation sites is 1. The van der Waals surface area contributed by atoms with Crippen LogP contribution in [0.2, 0.25) is 0 Å². The van der Waals surface area contributed by atoms with Crippen LogP contribution < -0.4 is 11.1 Å². The summed E-state index contributed by atoms with van der Waals surface area (Å²) in [4.78, 5) is 25.2. The minimum Gasteiger partial charge on any atom is -0.393 e. The number of halogens is 1. The topological polar surface area (TPSA) is 97.3 Å². The lowest BCUT2D eigenvalue weighted by Gasteiger charge is -2.18. The van der Waals surface area contributed by atoms with E-state index >= 15 is 0 Å². The Morgan fingerprint density at radius 1 is 0.900 bits per heavy atom. The van der Waals surface area contributed by atoms with Crippen molar-refractivity contribution in [1.29, 1.82) is 0 Å². The summed E-state index contributed by atoms with van der Waals surface area (Å²) in [5.41, 5.74) is 10.7. The van der Waals surface area contributed by atoms with Crippen LogP contribution in [0.4, 0.5) is 10.1 Å². The number of aliphatic hydroxyl groups excluding tert-OH is 1. The molecule has 0 saturated carbocycles. The quantitative estimate of drug-likeness (QED) is 0.173. The standard InChI is InChI=1S/C33H36FN3O3/c1-22(2)31-30(33(40)36-26-13-7-4-8-14-26)29(23-11-5-3-6-12-23)32(24-16-18-25(34)19-17-24)37(31)20-10-9-15-27(38)21-28(35)39/h3-8,11-14,16-19,22,27,38H,9-10,15,20-21H2,1-2H3,(H2,35,39)(H,36,40). The summed E-state index contributed by atoms with van der Waals surface area (Å²) < 4.78 is 16.2. The van der Waals surface area contributed by atoms with E-state index in [4.69, 9.17) is 5.73 Å². The maximum atomic E-state index is 14.0. The molecule has 0 fully saturated rings. The zero-order chi connectivity index (χ0) is 28.6. The number of rotatable bonds is 12. The van der Waals surface area contributed by atoms with Crippen molar-refractivity contribution in [3.63, 3.8) is 0 Å². The smallest absolute Gasteiger partial charge is 0.258 e. The number of anilines is 1. The second-order valence-electron chi connectivity index (χ2n) is 10.3. The van der Waals surface area contributed by atoms with Gasteiger partial charge in [-0.3, -0.25) is 9.59 Å². The van der Waals surface area contributed by atoms with Crippen LogP contribution in [-0.2, 0) is 11.3 Å². The highest BCUT2D eigenvalue weighted by molar-refractivity contribution is 6.12. The summed E-state index contributed by atoms with van der Waals surface area (Å²) in [7, 11) is 0. The van der Waals surface area contributed by atoms with Gasteiger partial charge in [-0.1, -0.05) is 62.4 Å². The van der Waals surface area contributed by atoms with Crippen molar-refractivity contribution in [3.8, 4) is 22.4 Å². The number of aliphatic hydroxyl groups is 1. The molecule has 0 saturated heterocycles. The molecule has 1 unspecified atom stereocenters. The van der Waals surface area contributed by atoms with E-state index in [-0.39, 0.29) is 24.1 Å². The fraction of sp³-hybridized carbons (Fsp3) is 0.273. The molecule has 7 heteroatoms. The molecule has 208 valence electrons. The van der Waals surface area contributed by atoms with Crippen molar-refractivity contribution in [1.82, 2.24) is 4.57 Å². The van der Waals surface area contributed by atoms with Crippen molar-refractivity contribution >= 4 is 17.5 Å². The van der Waals surface area contributed by atoms with E-state index in [2.05, 4.69) is 23.7 Å². The van der Waals surface area contributed by atoms with Crippen LogP contribution in [-0.4, -0.2) is 27.6 Å². The van der Waals surface area contributed by atoms with E-state index in [1.54, 1.807) is 12.1 Å². The number of carbonyl (C=O) groups is 2. The van der Waals surface area contributed by atoms with Crippen molar-refractivity contribution in [2.75, 3.05) is 5.32 Å². The summed E-state index contributed by atoms with van der Waals surface area (Å²) in [6, 6.07) is 25.5. The first-order chi connectivity index (χ1) is 19.3. The van der Waals surface area contributed by atoms with E-state index in [1.165, 1.54) is 12.1 Å². The van der Waals surface area contributed by atoms with Crippen LogP contribution in [0.5, 0.6) is 0 Å². The number of unbranched alkanes of at least 4 members (excludes halogenated alkanes) is 1. The van der Waals surface area contributed by atoms with Crippen LogP contribution in [0, 0.1) is 5.82 Å². The molecule has 1 heterocycles. The number of benzene rings is 3. The number of aromatic nitrogens is 1. The first kappa shape index (κ1) is 28.8. The highest BCUT2D eigenvalue weighted by atomic mass is 19.1. The van der Waals surface area contributed by atoms with Gasteiger partial charge in [0.1, 0.15) is 5.82 Å². The van der Waals surface area contributed by atoms with E-state index < -0.39 is 12.0 Å². The Bertz CT molecular complexity index is 1430. The molecule has 6 nitrogen and oxygen atoms in total. The van der Waals surface area contributed by atoms with E-state index in [9.17, 15) is 19.1 Å². The molecule has 0 bridgehead atoms. The lowest BCUT2D eigenvalue weighted by atomic mass is 9.94. The fourth-order valence-electron chi connectivity index (χ4n) is 5.19. The Labute approximate surface area is 234 Å². The average Bonchev–Trinajstić information content (AvgIpc) is 3.28. The zero-order valence-electron chi connectivity index (χ0n) is 22.9. The number of nitrogens with one attached hydrogen (secondary N) is 1. The van der Waals surface area contributed by atoms with Gasteiger partial charge >= 0.3 is 0 Å². The largest absolute Gasteiger partial charge is 0.393 e. The number of amides is 2. The van der Waals surface area contributed by atoms with Gasteiger partial charge in [0, 0.05) is 23.5 Å². The zero-order valence-corrected chi connectivity index (χ0v) is 22.9. The molecule has 0 radical (unpaired) electrons. The normalized spacial score (nSPS) is 11.9. The monoisotopic (exact) mass is 541 g/mol. The number of nitrogens with zero attached hydrogens (tertiary/aromatic N) is 1. The predicted octanol–water partition coefficient (Wildman–Crippen LogP) is 6.74. The van der Waals surface area contributed by atoms with Crippen LogP contribution in [0.3, 0.4) is 0 Å². The molecule has 0 spiro atoms.